The maximum atomic E-state index is 12.4. The number of furan rings is 1. The van der Waals surface area contributed by atoms with Crippen molar-refractivity contribution >= 4 is 22.8 Å². The van der Waals surface area contributed by atoms with Crippen LogP contribution in [0.4, 0.5) is 0 Å². The molecule has 0 unspecified atom stereocenters. The Balaban J connectivity index is 1.67. The summed E-state index contributed by atoms with van der Waals surface area (Å²) in [4.78, 5) is 27.2. The number of likely N-dealkylation sites (N-methyl/N-ethyl adjacent to an activating group) is 1. The van der Waals surface area contributed by atoms with E-state index in [1.165, 1.54) is 6.08 Å². The molecule has 5 heteroatoms. The minimum atomic E-state index is -0.121. The van der Waals surface area contributed by atoms with Crippen LogP contribution in [-0.4, -0.2) is 47.8 Å². The summed E-state index contributed by atoms with van der Waals surface area (Å²) in [6.07, 6.45) is 2.89. The molecule has 0 N–H and O–H groups in total. The van der Waals surface area contributed by atoms with E-state index in [4.69, 9.17) is 4.42 Å². The van der Waals surface area contributed by atoms with Gasteiger partial charge in [-0.25, -0.2) is 0 Å². The maximum absolute atomic E-state index is 12.4. The monoisotopic (exact) mass is 284 g/mol. The van der Waals surface area contributed by atoms with Crippen LogP contribution in [0.5, 0.6) is 0 Å². The van der Waals surface area contributed by atoms with E-state index in [1.807, 2.05) is 12.1 Å². The van der Waals surface area contributed by atoms with Gasteiger partial charge in [0, 0.05) is 31.1 Å². The van der Waals surface area contributed by atoms with Crippen molar-refractivity contribution in [3.05, 3.63) is 48.7 Å². The number of likely N-dealkylation sites (tertiary alicyclic amines) is 1. The molecule has 1 fully saturated rings. The summed E-state index contributed by atoms with van der Waals surface area (Å²) in [5, 5.41) is 0.976. The van der Waals surface area contributed by atoms with Crippen molar-refractivity contribution in [1.29, 1.82) is 0 Å². The van der Waals surface area contributed by atoms with Crippen LogP contribution < -0.4 is 0 Å². The smallest absolute Gasteiger partial charge is 0.254 e. The average molecular weight is 284 g/mol. The molecule has 5 nitrogen and oxygen atoms in total. The Bertz CT molecular complexity index is 713. The van der Waals surface area contributed by atoms with Gasteiger partial charge in [0.2, 0.25) is 5.91 Å². The van der Waals surface area contributed by atoms with Crippen LogP contribution >= 0.6 is 0 Å². The molecule has 0 radical (unpaired) electrons. The minimum absolute atomic E-state index is 0.0380. The molecule has 1 saturated heterocycles. The standard InChI is InChI=1S/C16H16N2O3/c1-3-15(19)17(2)13-9-18(10-13)16(20)12-5-4-11-6-7-21-14(11)8-12/h3-8,13H,1,9-10H2,2H3. The van der Waals surface area contributed by atoms with E-state index in [2.05, 4.69) is 6.58 Å². The zero-order valence-corrected chi connectivity index (χ0v) is 11.8. The van der Waals surface area contributed by atoms with E-state index in [1.54, 1.807) is 35.2 Å². The molecule has 1 aliphatic heterocycles. The highest BCUT2D eigenvalue weighted by Crippen LogP contribution is 2.21. The third-order valence-corrected chi connectivity index (χ3v) is 3.92. The Morgan fingerprint density at radius 1 is 1.38 bits per heavy atom. The van der Waals surface area contributed by atoms with Gasteiger partial charge in [-0.1, -0.05) is 12.6 Å². The predicted octanol–water partition coefficient (Wildman–Crippen LogP) is 1.90. The van der Waals surface area contributed by atoms with Crippen LogP contribution in [0.2, 0.25) is 0 Å². The van der Waals surface area contributed by atoms with Crippen LogP contribution in [0.25, 0.3) is 11.0 Å². The van der Waals surface area contributed by atoms with Gasteiger partial charge in [-0.15, -0.1) is 0 Å². The first kappa shape index (κ1) is 13.4. The fourth-order valence-electron chi connectivity index (χ4n) is 2.46. The molecular formula is C16H16N2O3. The lowest BCUT2D eigenvalue weighted by molar-refractivity contribution is -0.129. The number of hydrogen-bond donors (Lipinski definition) is 0. The van der Waals surface area contributed by atoms with Crippen molar-refractivity contribution in [3.8, 4) is 0 Å². The first-order valence-corrected chi connectivity index (χ1v) is 6.76. The number of carbonyl (C=O) groups excluding carboxylic acids is 2. The van der Waals surface area contributed by atoms with Gasteiger partial charge in [-0.05, 0) is 24.3 Å². The molecule has 21 heavy (non-hydrogen) atoms. The van der Waals surface area contributed by atoms with Gasteiger partial charge in [0.25, 0.3) is 5.91 Å². The first-order valence-electron chi connectivity index (χ1n) is 6.76. The molecule has 0 spiro atoms. The van der Waals surface area contributed by atoms with Crippen LogP contribution in [0, 0.1) is 0 Å². The van der Waals surface area contributed by atoms with E-state index in [-0.39, 0.29) is 17.9 Å². The molecule has 108 valence electrons. The second kappa shape index (κ2) is 5.09. The highest BCUT2D eigenvalue weighted by molar-refractivity contribution is 5.98. The van der Waals surface area contributed by atoms with Crippen LogP contribution in [0.15, 0.2) is 47.6 Å². The van der Waals surface area contributed by atoms with Crippen molar-refractivity contribution in [3.63, 3.8) is 0 Å². The van der Waals surface area contributed by atoms with E-state index in [9.17, 15) is 9.59 Å². The number of fused-ring (bicyclic) bond motifs is 1. The van der Waals surface area contributed by atoms with E-state index in [0.29, 0.717) is 24.2 Å². The maximum Gasteiger partial charge on any atom is 0.254 e. The highest BCUT2D eigenvalue weighted by Gasteiger charge is 2.35. The Kier molecular flexibility index (Phi) is 3.25. The zero-order valence-electron chi connectivity index (χ0n) is 11.8. The van der Waals surface area contributed by atoms with Gasteiger partial charge in [0.05, 0.1) is 12.3 Å². The lowest BCUT2D eigenvalue weighted by Crippen LogP contribution is -2.61. The summed E-state index contributed by atoms with van der Waals surface area (Å²) in [5.74, 6) is -0.159. The van der Waals surface area contributed by atoms with E-state index >= 15 is 0 Å². The van der Waals surface area contributed by atoms with Gasteiger partial charge < -0.3 is 14.2 Å². The summed E-state index contributed by atoms with van der Waals surface area (Å²) in [6, 6.07) is 7.35. The Hall–Kier alpha value is -2.56. The van der Waals surface area contributed by atoms with Crippen molar-refractivity contribution in [2.45, 2.75) is 6.04 Å². The fourth-order valence-corrected chi connectivity index (χ4v) is 2.46. The van der Waals surface area contributed by atoms with Crippen molar-refractivity contribution in [2.24, 2.45) is 0 Å². The molecule has 1 aromatic carbocycles. The summed E-state index contributed by atoms with van der Waals surface area (Å²) in [6.45, 7) is 4.56. The average Bonchev–Trinajstić information content (AvgIpc) is 2.91. The number of rotatable bonds is 3. The lowest BCUT2D eigenvalue weighted by atomic mass is 10.0. The van der Waals surface area contributed by atoms with Crippen LogP contribution in [-0.2, 0) is 4.79 Å². The molecule has 0 atom stereocenters. The predicted molar refractivity (Wildman–Crippen MR) is 78.9 cm³/mol. The van der Waals surface area contributed by atoms with Crippen LogP contribution in [0.1, 0.15) is 10.4 Å². The summed E-state index contributed by atoms with van der Waals surface area (Å²) >= 11 is 0. The summed E-state index contributed by atoms with van der Waals surface area (Å²) in [7, 11) is 1.73. The second-order valence-corrected chi connectivity index (χ2v) is 5.19. The molecule has 1 aromatic heterocycles. The number of benzene rings is 1. The molecule has 2 heterocycles. The molecule has 0 aliphatic carbocycles. The SMILES string of the molecule is C=CC(=O)N(C)C1CN(C(=O)c2ccc3ccoc3c2)C1. The van der Waals surface area contributed by atoms with E-state index in [0.717, 1.165) is 5.39 Å². The molecular weight excluding hydrogens is 268 g/mol. The van der Waals surface area contributed by atoms with Crippen LogP contribution in [0.3, 0.4) is 0 Å². The first-order chi connectivity index (χ1) is 10.1. The number of carbonyl (C=O) groups is 2. The molecule has 2 amide bonds. The normalized spacial score (nSPS) is 14.8. The van der Waals surface area contributed by atoms with Gasteiger partial charge in [0.15, 0.2) is 0 Å². The Morgan fingerprint density at radius 2 is 2.14 bits per heavy atom. The lowest BCUT2D eigenvalue weighted by Gasteiger charge is -2.43. The highest BCUT2D eigenvalue weighted by atomic mass is 16.3. The molecule has 0 saturated carbocycles. The molecule has 0 bridgehead atoms. The fraction of sp³-hybridized carbons (Fsp3) is 0.250. The largest absolute Gasteiger partial charge is 0.464 e. The Morgan fingerprint density at radius 3 is 2.86 bits per heavy atom. The van der Waals surface area contributed by atoms with Crippen molar-refractivity contribution in [2.75, 3.05) is 20.1 Å². The summed E-state index contributed by atoms with van der Waals surface area (Å²) in [5.41, 5.74) is 1.31. The van der Waals surface area contributed by atoms with E-state index < -0.39 is 0 Å². The van der Waals surface area contributed by atoms with Crippen molar-refractivity contribution < 1.29 is 14.0 Å². The second-order valence-electron chi connectivity index (χ2n) is 5.19. The third-order valence-electron chi connectivity index (χ3n) is 3.92. The molecule has 1 aliphatic rings. The minimum Gasteiger partial charge on any atom is -0.464 e. The van der Waals surface area contributed by atoms with Gasteiger partial charge in [0.1, 0.15) is 5.58 Å². The number of hydrogen-bond acceptors (Lipinski definition) is 3. The quantitative estimate of drug-likeness (QED) is 0.809. The third kappa shape index (κ3) is 2.31. The zero-order chi connectivity index (χ0) is 15.0. The number of nitrogens with zero attached hydrogens (tertiary/aromatic N) is 2. The summed E-state index contributed by atoms with van der Waals surface area (Å²) < 4.78 is 5.31. The topological polar surface area (TPSA) is 53.8 Å². The molecule has 2 aromatic rings. The van der Waals surface area contributed by atoms with Gasteiger partial charge in [-0.3, -0.25) is 9.59 Å². The van der Waals surface area contributed by atoms with Crippen molar-refractivity contribution in [1.82, 2.24) is 9.80 Å². The van der Waals surface area contributed by atoms with Gasteiger partial charge in [-0.2, -0.15) is 0 Å². The molecule has 3 rings (SSSR count). The Labute approximate surface area is 122 Å². The van der Waals surface area contributed by atoms with Gasteiger partial charge >= 0.3 is 0 Å². The number of amides is 2.